The monoisotopic (exact) mass is 588 g/mol. The van der Waals surface area contributed by atoms with Crippen LogP contribution < -0.4 is 18.9 Å². The van der Waals surface area contributed by atoms with Crippen LogP contribution in [0.5, 0.6) is 23.0 Å². The fourth-order valence-corrected chi connectivity index (χ4v) is 5.34. The Labute approximate surface area is 253 Å². The number of likely N-dealkylation sites (N-methyl/N-ethyl adjacent to an activating group) is 1. The number of hydrogen-bond acceptors (Lipinski definition) is 8. The number of rotatable bonds is 13. The van der Waals surface area contributed by atoms with Gasteiger partial charge in [-0.2, -0.15) is 0 Å². The van der Waals surface area contributed by atoms with Gasteiger partial charge >= 0.3 is 0 Å². The molecule has 1 N–H and O–H groups in total. The summed E-state index contributed by atoms with van der Waals surface area (Å²) in [5, 5.41) is 11.6. The first-order chi connectivity index (χ1) is 20.8. The van der Waals surface area contributed by atoms with Crippen molar-refractivity contribution in [3.05, 3.63) is 88.5 Å². The molecule has 0 aromatic heterocycles. The minimum Gasteiger partial charge on any atom is -0.507 e. The number of amides is 1. The van der Waals surface area contributed by atoms with Crippen LogP contribution in [-0.4, -0.2) is 74.1 Å². The van der Waals surface area contributed by atoms with Crippen LogP contribution in [0.2, 0.25) is 0 Å². The summed E-state index contributed by atoms with van der Waals surface area (Å²) >= 11 is 0. The van der Waals surface area contributed by atoms with Crippen LogP contribution in [-0.2, 0) is 16.2 Å². The summed E-state index contributed by atoms with van der Waals surface area (Å²) in [5.41, 5.74) is 3.13. The Bertz CT molecular complexity index is 1450. The fourth-order valence-electron chi connectivity index (χ4n) is 5.34. The van der Waals surface area contributed by atoms with E-state index < -0.39 is 17.7 Å². The highest BCUT2D eigenvalue weighted by Gasteiger charge is 2.46. The SMILES string of the molecule is CCN(CC)CCN1C(=O)C(=O)C(=C(O)c2ccc(OCc3cccc(C)c3)cc2)C1c1cc(OC)c(OC)c(OC)c1. The van der Waals surface area contributed by atoms with E-state index in [1.807, 2.05) is 39.0 Å². The quantitative estimate of drug-likeness (QED) is 0.162. The summed E-state index contributed by atoms with van der Waals surface area (Å²) < 4.78 is 22.5. The van der Waals surface area contributed by atoms with Crippen molar-refractivity contribution in [2.75, 3.05) is 47.5 Å². The minimum absolute atomic E-state index is 0.00718. The molecule has 3 aromatic carbocycles. The van der Waals surface area contributed by atoms with Gasteiger partial charge < -0.3 is 33.9 Å². The van der Waals surface area contributed by atoms with Crippen LogP contribution in [0.3, 0.4) is 0 Å². The molecule has 0 saturated carbocycles. The molecule has 43 heavy (non-hydrogen) atoms. The molecule has 0 aliphatic carbocycles. The molecule has 1 amide bonds. The van der Waals surface area contributed by atoms with E-state index >= 15 is 0 Å². The molecule has 9 nitrogen and oxygen atoms in total. The van der Waals surface area contributed by atoms with Gasteiger partial charge in [-0.15, -0.1) is 0 Å². The van der Waals surface area contributed by atoms with E-state index in [1.54, 1.807) is 36.4 Å². The molecule has 9 heteroatoms. The second-order valence-corrected chi connectivity index (χ2v) is 10.3. The largest absolute Gasteiger partial charge is 0.507 e. The molecule has 1 aliphatic heterocycles. The van der Waals surface area contributed by atoms with E-state index in [4.69, 9.17) is 18.9 Å². The van der Waals surface area contributed by atoms with Gasteiger partial charge in [0.25, 0.3) is 11.7 Å². The molecule has 3 aromatic rings. The van der Waals surface area contributed by atoms with Gasteiger partial charge in [0, 0.05) is 18.7 Å². The van der Waals surface area contributed by atoms with Crippen LogP contribution in [0.25, 0.3) is 5.76 Å². The highest BCUT2D eigenvalue weighted by atomic mass is 16.5. The molecule has 1 unspecified atom stereocenters. The zero-order valence-corrected chi connectivity index (χ0v) is 25.7. The van der Waals surface area contributed by atoms with Gasteiger partial charge in [-0.05, 0) is 67.5 Å². The van der Waals surface area contributed by atoms with Crippen LogP contribution in [0.1, 0.15) is 42.1 Å². The molecular weight excluding hydrogens is 548 g/mol. The van der Waals surface area contributed by atoms with Crippen molar-refractivity contribution in [1.82, 2.24) is 9.80 Å². The number of aliphatic hydroxyl groups excluding tert-OH is 1. The Kier molecular flexibility index (Phi) is 10.3. The Balaban J connectivity index is 1.74. The average molecular weight is 589 g/mol. The number of Topliss-reactive ketones (excluding diaryl/α,β-unsaturated/α-hetero) is 1. The third kappa shape index (κ3) is 6.78. The van der Waals surface area contributed by atoms with Crippen molar-refractivity contribution in [2.45, 2.75) is 33.4 Å². The lowest BCUT2D eigenvalue weighted by Crippen LogP contribution is -2.38. The van der Waals surface area contributed by atoms with Gasteiger partial charge in [0.1, 0.15) is 18.1 Å². The Hall–Kier alpha value is -4.50. The zero-order valence-electron chi connectivity index (χ0n) is 25.7. The van der Waals surface area contributed by atoms with Gasteiger partial charge in [-0.25, -0.2) is 0 Å². The van der Waals surface area contributed by atoms with Crippen LogP contribution in [0.4, 0.5) is 0 Å². The normalized spacial score (nSPS) is 16.1. The van der Waals surface area contributed by atoms with Crippen molar-refractivity contribution in [1.29, 1.82) is 0 Å². The van der Waals surface area contributed by atoms with E-state index in [0.29, 0.717) is 47.3 Å². The van der Waals surface area contributed by atoms with Gasteiger partial charge in [-0.1, -0.05) is 43.7 Å². The highest BCUT2D eigenvalue weighted by Crippen LogP contribution is 2.45. The van der Waals surface area contributed by atoms with Crippen molar-refractivity contribution in [3.63, 3.8) is 0 Å². The number of hydrogen-bond donors (Lipinski definition) is 1. The molecule has 1 heterocycles. The summed E-state index contributed by atoms with van der Waals surface area (Å²) in [6.45, 7) is 8.96. The van der Waals surface area contributed by atoms with Crippen molar-refractivity contribution >= 4 is 17.4 Å². The zero-order chi connectivity index (χ0) is 31.1. The molecule has 1 atom stereocenters. The maximum absolute atomic E-state index is 13.5. The fraction of sp³-hybridized carbons (Fsp3) is 0.353. The lowest BCUT2D eigenvalue weighted by Gasteiger charge is -2.29. The van der Waals surface area contributed by atoms with Crippen LogP contribution in [0.15, 0.2) is 66.2 Å². The summed E-state index contributed by atoms with van der Waals surface area (Å²) in [6.07, 6.45) is 0. The van der Waals surface area contributed by atoms with Crippen LogP contribution in [0, 0.1) is 6.92 Å². The first-order valence-electron chi connectivity index (χ1n) is 14.4. The summed E-state index contributed by atoms with van der Waals surface area (Å²) in [5.74, 6) is 0.0467. The van der Waals surface area contributed by atoms with Crippen molar-refractivity contribution < 1.29 is 33.6 Å². The third-order valence-corrected chi connectivity index (χ3v) is 7.71. The van der Waals surface area contributed by atoms with Gasteiger partial charge in [0.2, 0.25) is 5.75 Å². The molecule has 1 saturated heterocycles. The van der Waals surface area contributed by atoms with Crippen molar-refractivity contribution in [3.8, 4) is 23.0 Å². The Morgan fingerprint density at radius 2 is 1.56 bits per heavy atom. The first-order valence-corrected chi connectivity index (χ1v) is 14.4. The number of nitrogens with zero attached hydrogens (tertiary/aromatic N) is 2. The molecule has 1 aliphatic rings. The molecule has 0 spiro atoms. The lowest BCUT2D eigenvalue weighted by molar-refractivity contribution is -0.140. The number of benzene rings is 3. The smallest absolute Gasteiger partial charge is 0.295 e. The summed E-state index contributed by atoms with van der Waals surface area (Å²) in [6, 6.07) is 17.4. The number of aliphatic hydroxyl groups is 1. The number of carbonyl (C=O) groups is 2. The number of carbonyl (C=O) groups excluding carboxylic acids is 2. The van der Waals surface area contributed by atoms with Crippen molar-refractivity contribution in [2.24, 2.45) is 0 Å². The standard InChI is InChI=1S/C34H40N2O7/c1-7-35(8-2)16-17-36-30(25-19-27(40-4)33(42-6)28(20-25)41-5)29(32(38)34(36)39)31(37)24-12-14-26(15-13-24)43-21-23-11-9-10-22(3)18-23/h9-15,18-20,30,37H,7-8,16-17,21H2,1-6H3. The molecule has 1 fully saturated rings. The van der Waals surface area contributed by atoms with Gasteiger partial charge in [0.05, 0.1) is 32.9 Å². The second kappa shape index (κ2) is 14.1. The maximum atomic E-state index is 13.5. The first kappa shape index (κ1) is 31.4. The molecule has 4 rings (SSSR count). The molecular formula is C34H40N2O7. The number of ether oxygens (including phenoxy) is 4. The Morgan fingerprint density at radius 1 is 0.907 bits per heavy atom. The maximum Gasteiger partial charge on any atom is 0.295 e. The van der Waals surface area contributed by atoms with E-state index in [9.17, 15) is 14.7 Å². The van der Waals surface area contributed by atoms with Gasteiger partial charge in [0.15, 0.2) is 11.5 Å². The predicted octanol–water partition coefficient (Wildman–Crippen LogP) is 5.36. The van der Waals surface area contributed by atoms with E-state index in [2.05, 4.69) is 11.0 Å². The summed E-state index contributed by atoms with van der Waals surface area (Å²) in [4.78, 5) is 30.7. The Morgan fingerprint density at radius 3 is 2.12 bits per heavy atom. The lowest BCUT2D eigenvalue weighted by atomic mass is 9.94. The number of ketones is 1. The second-order valence-electron chi connectivity index (χ2n) is 10.3. The van der Waals surface area contributed by atoms with E-state index in [0.717, 1.165) is 24.2 Å². The highest BCUT2D eigenvalue weighted by molar-refractivity contribution is 6.46. The van der Waals surface area contributed by atoms with Gasteiger partial charge in [-0.3, -0.25) is 9.59 Å². The third-order valence-electron chi connectivity index (χ3n) is 7.71. The predicted molar refractivity (Wildman–Crippen MR) is 165 cm³/mol. The average Bonchev–Trinajstić information content (AvgIpc) is 3.28. The topological polar surface area (TPSA) is 97.8 Å². The molecule has 0 radical (unpaired) electrons. The molecule has 228 valence electrons. The van der Waals surface area contributed by atoms with E-state index in [-0.39, 0.29) is 17.9 Å². The molecule has 0 bridgehead atoms. The van der Waals surface area contributed by atoms with Crippen LogP contribution >= 0.6 is 0 Å². The number of methoxy groups -OCH3 is 3. The number of aryl methyl sites for hydroxylation is 1. The number of likely N-dealkylation sites (tertiary alicyclic amines) is 1. The minimum atomic E-state index is -0.874. The summed E-state index contributed by atoms with van der Waals surface area (Å²) in [7, 11) is 4.51. The van der Waals surface area contributed by atoms with E-state index in [1.165, 1.54) is 26.2 Å².